The second-order valence-corrected chi connectivity index (χ2v) is 7.40. The van der Waals surface area contributed by atoms with Crippen LogP contribution in [0.1, 0.15) is 36.2 Å². The lowest BCUT2D eigenvalue weighted by Crippen LogP contribution is -2.29. The van der Waals surface area contributed by atoms with E-state index in [0.717, 1.165) is 29.1 Å². The fourth-order valence-electron chi connectivity index (χ4n) is 3.49. The average molecular weight is 431 g/mol. The van der Waals surface area contributed by atoms with Gasteiger partial charge in [-0.25, -0.2) is 4.68 Å². The summed E-state index contributed by atoms with van der Waals surface area (Å²) >= 11 is 0. The number of furan rings is 1. The number of nitrogens with zero attached hydrogens (tertiary/aromatic N) is 5. The number of rotatable bonds is 8. The number of amides is 1. The molecule has 0 unspecified atom stereocenters. The summed E-state index contributed by atoms with van der Waals surface area (Å²) in [5.41, 5.74) is 3.74. The number of hydrogen-bond donors (Lipinski definition) is 0. The molecule has 3 aromatic heterocycles. The van der Waals surface area contributed by atoms with E-state index in [2.05, 4.69) is 15.3 Å². The Labute approximate surface area is 186 Å². The molecule has 32 heavy (non-hydrogen) atoms. The Kier molecular flexibility index (Phi) is 6.30. The molecule has 8 heteroatoms. The van der Waals surface area contributed by atoms with Crippen LogP contribution in [0.25, 0.3) is 23.4 Å². The summed E-state index contributed by atoms with van der Waals surface area (Å²) < 4.78 is 12.8. The maximum Gasteiger partial charge on any atom is 0.283 e. The van der Waals surface area contributed by atoms with Gasteiger partial charge in [-0.15, -0.1) is 10.2 Å². The molecule has 4 aromatic rings. The Bertz CT molecular complexity index is 1210. The Morgan fingerprint density at radius 2 is 1.94 bits per heavy atom. The van der Waals surface area contributed by atoms with Crippen molar-refractivity contribution in [1.29, 1.82) is 0 Å². The quantitative estimate of drug-likeness (QED) is 0.379. The lowest BCUT2D eigenvalue weighted by molar-refractivity contribution is -0.126. The minimum Gasteiger partial charge on any atom is -0.459 e. The molecule has 0 saturated carbocycles. The predicted octanol–water partition coefficient (Wildman–Crippen LogP) is 4.58. The molecule has 0 radical (unpaired) electrons. The molecular formula is C24H25N5O3. The van der Waals surface area contributed by atoms with Crippen molar-refractivity contribution in [2.45, 2.75) is 33.7 Å². The maximum absolute atomic E-state index is 12.9. The molecule has 0 N–H and O–H groups in total. The number of carbonyl (C=O) groups excluding carboxylic acids is 1. The van der Waals surface area contributed by atoms with Crippen LogP contribution in [0.5, 0.6) is 0 Å². The second kappa shape index (κ2) is 9.47. The van der Waals surface area contributed by atoms with Gasteiger partial charge in [-0.1, -0.05) is 25.1 Å². The minimum absolute atomic E-state index is 0.129. The molecule has 0 aliphatic rings. The highest BCUT2D eigenvalue weighted by Crippen LogP contribution is 2.20. The number of aryl methyl sites for hydroxylation is 1. The van der Waals surface area contributed by atoms with Gasteiger partial charge in [-0.3, -0.25) is 4.79 Å². The van der Waals surface area contributed by atoms with Crippen LogP contribution in [0.4, 0.5) is 0 Å². The van der Waals surface area contributed by atoms with Crippen molar-refractivity contribution in [3.63, 3.8) is 0 Å². The smallest absolute Gasteiger partial charge is 0.283 e. The van der Waals surface area contributed by atoms with E-state index < -0.39 is 0 Å². The van der Waals surface area contributed by atoms with Crippen molar-refractivity contribution in [2.24, 2.45) is 0 Å². The Balaban J connectivity index is 1.50. The first-order valence-corrected chi connectivity index (χ1v) is 10.5. The highest BCUT2D eigenvalue weighted by molar-refractivity contribution is 5.92. The zero-order valence-electron chi connectivity index (χ0n) is 18.4. The van der Waals surface area contributed by atoms with Crippen molar-refractivity contribution in [3.8, 4) is 17.3 Å². The van der Waals surface area contributed by atoms with Crippen molar-refractivity contribution >= 4 is 12.0 Å². The first-order chi connectivity index (χ1) is 15.6. The van der Waals surface area contributed by atoms with E-state index in [9.17, 15) is 4.79 Å². The third-order valence-electron chi connectivity index (χ3n) is 5.07. The van der Waals surface area contributed by atoms with E-state index in [-0.39, 0.29) is 12.5 Å². The van der Waals surface area contributed by atoms with E-state index in [1.54, 1.807) is 29.4 Å². The lowest BCUT2D eigenvalue weighted by Gasteiger charge is -2.18. The molecule has 0 saturated heterocycles. The predicted molar refractivity (Wildman–Crippen MR) is 120 cm³/mol. The standard InChI is InChI=1S/C24H25N5O3/c1-4-14-28(16-22-25-26-24(32-22)21-11-8-15-31-21)23(30)13-12-20-17(2)27-29(18(20)3)19-9-6-5-7-10-19/h5-13,15H,4,14,16H2,1-3H3/b13-12+. The monoisotopic (exact) mass is 431 g/mol. The summed E-state index contributed by atoms with van der Waals surface area (Å²) in [6.45, 7) is 6.75. The van der Waals surface area contributed by atoms with Crippen LogP contribution >= 0.6 is 0 Å². The molecule has 0 bridgehead atoms. The number of aromatic nitrogens is 4. The van der Waals surface area contributed by atoms with Gasteiger partial charge in [0.1, 0.15) is 0 Å². The molecule has 8 nitrogen and oxygen atoms in total. The van der Waals surface area contributed by atoms with Gasteiger partial charge in [-0.05, 0) is 50.6 Å². The summed E-state index contributed by atoms with van der Waals surface area (Å²) in [6.07, 6.45) is 5.75. The van der Waals surface area contributed by atoms with Gasteiger partial charge in [-0.2, -0.15) is 5.10 Å². The fourth-order valence-corrected chi connectivity index (χ4v) is 3.49. The first-order valence-electron chi connectivity index (χ1n) is 10.5. The number of benzene rings is 1. The Morgan fingerprint density at radius 3 is 2.66 bits per heavy atom. The molecule has 1 aromatic carbocycles. The van der Waals surface area contributed by atoms with Gasteiger partial charge in [0.05, 0.1) is 24.2 Å². The molecule has 0 spiro atoms. The third-order valence-corrected chi connectivity index (χ3v) is 5.07. The number of carbonyl (C=O) groups is 1. The number of para-hydroxylation sites is 1. The average Bonchev–Trinajstić information content (AvgIpc) is 3.54. The van der Waals surface area contributed by atoms with E-state index in [1.807, 2.05) is 61.9 Å². The van der Waals surface area contributed by atoms with Gasteiger partial charge in [0.25, 0.3) is 5.89 Å². The maximum atomic E-state index is 12.9. The molecule has 1 amide bonds. The Hall–Kier alpha value is -3.94. The van der Waals surface area contributed by atoms with Gasteiger partial charge >= 0.3 is 0 Å². The molecule has 0 atom stereocenters. The summed E-state index contributed by atoms with van der Waals surface area (Å²) in [6, 6.07) is 13.4. The van der Waals surface area contributed by atoms with Crippen LogP contribution in [0.15, 0.2) is 63.6 Å². The molecule has 3 heterocycles. The van der Waals surface area contributed by atoms with Crippen LogP contribution in [0.2, 0.25) is 0 Å². The van der Waals surface area contributed by atoms with Crippen molar-refractivity contribution < 1.29 is 13.6 Å². The lowest BCUT2D eigenvalue weighted by atomic mass is 10.1. The first kappa shape index (κ1) is 21.3. The SMILES string of the molecule is CCCN(Cc1nnc(-c2ccco2)o1)C(=O)/C=C/c1c(C)nn(-c2ccccc2)c1C. The van der Waals surface area contributed by atoms with Crippen LogP contribution in [-0.4, -0.2) is 37.3 Å². The molecular weight excluding hydrogens is 406 g/mol. The molecule has 0 fully saturated rings. The summed E-state index contributed by atoms with van der Waals surface area (Å²) in [5.74, 6) is 1.02. The summed E-state index contributed by atoms with van der Waals surface area (Å²) in [5, 5.41) is 12.7. The third kappa shape index (κ3) is 4.54. The zero-order chi connectivity index (χ0) is 22.5. The van der Waals surface area contributed by atoms with Gasteiger partial charge in [0.2, 0.25) is 11.8 Å². The molecule has 4 rings (SSSR count). The summed E-state index contributed by atoms with van der Waals surface area (Å²) in [7, 11) is 0. The van der Waals surface area contributed by atoms with Gasteiger partial charge in [0.15, 0.2) is 5.76 Å². The second-order valence-electron chi connectivity index (χ2n) is 7.40. The highest BCUT2D eigenvalue weighted by Gasteiger charge is 2.17. The molecule has 164 valence electrons. The largest absolute Gasteiger partial charge is 0.459 e. The summed E-state index contributed by atoms with van der Waals surface area (Å²) in [4.78, 5) is 14.6. The van der Waals surface area contributed by atoms with E-state index in [1.165, 1.54) is 0 Å². The highest BCUT2D eigenvalue weighted by atomic mass is 16.4. The van der Waals surface area contributed by atoms with E-state index >= 15 is 0 Å². The van der Waals surface area contributed by atoms with Gasteiger partial charge < -0.3 is 13.7 Å². The minimum atomic E-state index is -0.129. The van der Waals surface area contributed by atoms with Crippen LogP contribution in [0, 0.1) is 13.8 Å². The van der Waals surface area contributed by atoms with Crippen molar-refractivity contribution in [1.82, 2.24) is 24.9 Å². The van der Waals surface area contributed by atoms with Gasteiger partial charge in [0, 0.05) is 23.9 Å². The van der Waals surface area contributed by atoms with E-state index in [0.29, 0.717) is 24.1 Å². The fraction of sp³-hybridized carbons (Fsp3) is 0.250. The topological polar surface area (TPSA) is 90.2 Å². The molecule has 0 aliphatic carbocycles. The van der Waals surface area contributed by atoms with Crippen LogP contribution < -0.4 is 0 Å². The van der Waals surface area contributed by atoms with Crippen LogP contribution in [0.3, 0.4) is 0 Å². The zero-order valence-corrected chi connectivity index (χ0v) is 18.4. The normalized spacial score (nSPS) is 11.3. The molecule has 0 aliphatic heterocycles. The van der Waals surface area contributed by atoms with Crippen molar-refractivity contribution in [2.75, 3.05) is 6.54 Å². The van der Waals surface area contributed by atoms with Crippen molar-refractivity contribution in [3.05, 3.63) is 77.6 Å². The Morgan fingerprint density at radius 1 is 1.12 bits per heavy atom. The van der Waals surface area contributed by atoms with E-state index in [4.69, 9.17) is 8.83 Å². The number of hydrogen-bond acceptors (Lipinski definition) is 6. The van der Waals surface area contributed by atoms with Crippen LogP contribution in [-0.2, 0) is 11.3 Å².